The Balaban J connectivity index is 2.16. The topological polar surface area (TPSA) is 92.7 Å². The summed E-state index contributed by atoms with van der Waals surface area (Å²) in [6, 6.07) is 5.05. The van der Waals surface area contributed by atoms with Crippen molar-refractivity contribution in [2.75, 3.05) is 20.8 Å². The number of esters is 1. The highest BCUT2D eigenvalue weighted by Gasteiger charge is 2.13. The van der Waals surface area contributed by atoms with Crippen LogP contribution in [0.3, 0.4) is 0 Å². The molecule has 0 saturated carbocycles. The van der Waals surface area contributed by atoms with E-state index in [-0.39, 0.29) is 18.4 Å². The van der Waals surface area contributed by atoms with Gasteiger partial charge in [0.15, 0.2) is 5.75 Å². The van der Waals surface area contributed by atoms with E-state index in [0.717, 1.165) is 0 Å². The van der Waals surface area contributed by atoms with Crippen LogP contribution in [0.5, 0.6) is 23.5 Å². The highest BCUT2D eigenvalue weighted by molar-refractivity contribution is 5.69. The Hall–Kier alpha value is -2.90. The molecule has 128 valence electrons. The van der Waals surface area contributed by atoms with Gasteiger partial charge in [-0.25, -0.2) is 0 Å². The molecule has 2 aromatic rings. The molecule has 0 unspecified atom stereocenters. The molecule has 0 aliphatic heterocycles. The van der Waals surface area contributed by atoms with Gasteiger partial charge in [-0.1, -0.05) is 0 Å². The van der Waals surface area contributed by atoms with Crippen LogP contribution in [0.2, 0.25) is 0 Å². The van der Waals surface area contributed by atoms with Gasteiger partial charge in [0.25, 0.3) is 0 Å². The predicted molar refractivity (Wildman–Crippen MR) is 84.4 cm³/mol. The zero-order valence-corrected chi connectivity index (χ0v) is 13.8. The van der Waals surface area contributed by atoms with Gasteiger partial charge in [-0.2, -0.15) is 9.97 Å². The Kier molecular flexibility index (Phi) is 6.30. The molecular weight excluding hydrogens is 314 g/mol. The third kappa shape index (κ3) is 4.80. The summed E-state index contributed by atoms with van der Waals surface area (Å²) in [7, 11) is 2.97. The van der Waals surface area contributed by atoms with Crippen molar-refractivity contribution < 1.29 is 23.7 Å². The molecule has 0 atom stereocenters. The summed E-state index contributed by atoms with van der Waals surface area (Å²) < 4.78 is 20.8. The lowest BCUT2D eigenvalue weighted by molar-refractivity contribution is -0.143. The van der Waals surface area contributed by atoms with E-state index in [2.05, 4.69) is 15.0 Å². The first-order valence-corrected chi connectivity index (χ1v) is 7.40. The fourth-order valence-corrected chi connectivity index (χ4v) is 1.89. The summed E-state index contributed by atoms with van der Waals surface area (Å²) >= 11 is 0. The van der Waals surface area contributed by atoms with Gasteiger partial charge in [0, 0.05) is 12.6 Å². The minimum absolute atomic E-state index is 0.0663. The largest absolute Gasteiger partial charge is 0.481 e. The number of ether oxygens (including phenoxy) is 4. The third-order valence-corrected chi connectivity index (χ3v) is 3.00. The number of carbonyl (C=O) groups excluding carboxylic acids is 1. The Labute approximate surface area is 139 Å². The van der Waals surface area contributed by atoms with E-state index in [4.69, 9.17) is 18.9 Å². The molecule has 0 spiro atoms. The van der Waals surface area contributed by atoms with Gasteiger partial charge in [0.05, 0.1) is 39.0 Å². The summed E-state index contributed by atoms with van der Waals surface area (Å²) in [6.45, 7) is 2.11. The van der Waals surface area contributed by atoms with Crippen molar-refractivity contribution in [2.24, 2.45) is 0 Å². The van der Waals surface area contributed by atoms with Gasteiger partial charge in [0.2, 0.25) is 11.8 Å². The van der Waals surface area contributed by atoms with Crippen LogP contribution >= 0.6 is 0 Å². The molecule has 8 heteroatoms. The molecule has 0 aliphatic carbocycles. The number of pyridine rings is 1. The van der Waals surface area contributed by atoms with Crippen LogP contribution in [0.15, 0.2) is 24.4 Å². The number of nitrogens with zero attached hydrogens (tertiary/aromatic N) is 3. The van der Waals surface area contributed by atoms with Crippen molar-refractivity contribution in [1.82, 2.24) is 15.0 Å². The van der Waals surface area contributed by atoms with Crippen LogP contribution in [-0.4, -0.2) is 41.7 Å². The second-order valence-electron chi connectivity index (χ2n) is 4.59. The van der Waals surface area contributed by atoms with Crippen molar-refractivity contribution in [3.8, 4) is 23.5 Å². The summed E-state index contributed by atoms with van der Waals surface area (Å²) in [6.07, 6.45) is 2.22. The van der Waals surface area contributed by atoms with E-state index in [1.54, 1.807) is 25.3 Å². The first-order valence-electron chi connectivity index (χ1n) is 7.40. The highest BCUT2D eigenvalue weighted by Crippen LogP contribution is 2.26. The molecule has 2 heterocycles. The van der Waals surface area contributed by atoms with Gasteiger partial charge in [-0.3, -0.25) is 9.78 Å². The normalized spacial score (nSPS) is 10.1. The summed E-state index contributed by atoms with van der Waals surface area (Å²) in [5.41, 5.74) is 0.607. The van der Waals surface area contributed by atoms with E-state index < -0.39 is 0 Å². The zero-order chi connectivity index (χ0) is 17.4. The molecule has 0 fully saturated rings. The second-order valence-corrected chi connectivity index (χ2v) is 4.59. The number of hydrogen-bond acceptors (Lipinski definition) is 8. The lowest BCUT2D eigenvalue weighted by Crippen LogP contribution is -2.07. The van der Waals surface area contributed by atoms with Gasteiger partial charge in [0.1, 0.15) is 0 Å². The maximum Gasteiger partial charge on any atom is 0.328 e. The summed E-state index contributed by atoms with van der Waals surface area (Å²) in [4.78, 5) is 24.0. The van der Waals surface area contributed by atoms with E-state index in [0.29, 0.717) is 36.2 Å². The number of rotatable bonds is 8. The minimum Gasteiger partial charge on any atom is -0.481 e. The van der Waals surface area contributed by atoms with Gasteiger partial charge in [-0.15, -0.1) is 0 Å². The van der Waals surface area contributed by atoms with Crippen molar-refractivity contribution >= 4 is 5.97 Å². The second kappa shape index (κ2) is 8.66. The first kappa shape index (κ1) is 17.5. The number of aromatic nitrogens is 3. The van der Waals surface area contributed by atoms with E-state index in [1.807, 2.05) is 0 Å². The quantitative estimate of drug-likeness (QED) is 0.679. The molecule has 24 heavy (non-hydrogen) atoms. The van der Waals surface area contributed by atoms with Crippen molar-refractivity contribution in [2.45, 2.75) is 19.8 Å². The number of hydrogen-bond donors (Lipinski definition) is 0. The molecule has 0 N–H and O–H groups in total. The first-order chi connectivity index (χ1) is 11.7. The number of methoxy groups -OCH3 is 2. The van der Waals surface area contributed by atoms with Gasteiger partial charge < -0.3 is 18.9 Å². The maximum absolute atomic E-state index is 11.5. The molecule has 8 nitrogen and oxygen atoms in total. The predicted octanol–water partition coefficient (Wildman–Crippen LogP) is 2.18. The monoisotopic (exact) mass is 333 g/mol. The van der Waals surface area contributed by atoms with Crippen LogP contribution in [0.1, 0.15) is 19.0 Å². The smallest absolute Gasteiger partial charge is 0.328 e. The van der Waals surface area contributed by atoms with E-state index in [9.17, 15) is 4.79 Å². The van der Waals surface area contributed by atoms with Crippen LogP contribution in [0, 0.1) is 0 Å². The van der Waals surface area contributed by atoms with Crippen molar-refractivity contribution in [3.63, 3.8) is 0 Å². The standard InChI is InChI=1S/C16H19N3O5/c1-4-23-15(20)8-7-11-12(6-5-9-17-11)24-16-18-13(21-2)10-14(19-16)22-3/h5-6,9-10H,4,7-8H2,1-3H3. The Morgan fingerprint density at radius 2 is 1.88 bits per heavy atom. The Morgan fingerprint density at radius 1 is 1.17 bits per heavy atom. The lowest BCUT2D eigenvalue weighted by Gasteiger charge is -2.10. The SMILES string of the molecule is CCOC(=O)CCc1ncccc1Oc1nc(OC)cc(OC)n1. The molecule has 0 aromatic carbocycles. The summed E-state index contributed by atoms with van der Waals surface area (Å²) in [5, 5.41) is 0. The van der Waals surface area contributed by atoms with Crippen LogP contribution in [-0.2, 0) is 16.0 Å². The minimum atomic E-state index is -0.284. The number of carbonyl (C=O) groups is 1. The molecular formula is C16H19N3O5. The Bertz CT molecular complexity index is 671. The van der Waals surface area contributed by atoms with Crippen LogP contribution in [0.4, 0.5) is 0 Å². The molecule has 0 saturated heterocycles. The van der Waals surface area contributed by atoms with Crippen molar-refractivity contribution in [1.29, 1.82) is 0 Å². The summed E-state index contributed by atoms with van der Waals surface area (Å²) in [5.74, 6) is 0.799. The lowest BCUT2D eigenvalue weighted by atomic mass is 10.2. The van der Waals surface area contributed by atoms with E-state index >= 15 is 0 Å². The molecule has 0 bridgehead atoms. The maximum atomic E-state index is 11.5. The molecule has 0 radical (unpaired) electrons. The molecule has 0 aliphatic rings. The van der Waals surface area contributed by atoms with Crippen LogP contribution < -0.4 is 14.2 Å². The highest BCUT2D eigenvalue weighted by atomic mass is 16.5. The molecule has 2 aromatic heterocycles. The van der Waals surface area contributed by atoms with E-state index in [1.165, 1.54) is 20.3 Å². The Morgan fingerprint density at radius 3 is 2.50 bits per heavy atom. The fraction of sp³-hybridized carbons (Fsp3) is 0.375. The fourth-order valence-electron chi connectivity index (χ4n) is 1.89. The van der Waals surface area contributed by atoms with Crippen LogP contribution in [0.25, 0.3) is 0 Å². The molecule has 2 rings (SSSR count). The van der Waals surface area contributed by atoms with Gasteiger partial charge >= 0.3 is 12.0 Å². The zero-order valence-electron chi connectivity index (χ0n) is 13.8. The van der Waals surface area contributed by atoms with Crippen molar-refractivity contribution in [3.05, 3.63) is 30.1 Å². The third-order valence-electron chi connectivity index (χ3n) is 3.00. The van der Waals surface area contributed by atoms with Gasteiger partial charge in [-0.05, 0) is 19.1 Å². The average molecular weight is 333 g/mol. The molecule has 0 amide bonds. The average Bonchev–Trinajstić information content (AvgIpc) is 2.61. The number of aryl methyl sites for hydroxylation is 1.